The number of anilines is 1. The lowest BCUT2D eigenvalue weighted by Gasteiger charge is -2.31. The SMILES string of the molecule is COc1ccc(OCC(=O)N2CC[NH+](CC(=O)Nc3ccccc3Cl)CC2)cc1. The molecule has 0 unspecified atom stereocenters. The van der Waals surface area contributed by atoms with Gasteiger partial charge in [-0.3, -0.25) is 9.59 Å². The smallest absolute Gasteiger partial charge is 0.279 e. The van der Waals surface area contributed by atoms with Crippen molar-refractivity contribution >= 4 is 29.1 Å². The maximum Gasteiger partial charge on any atom is 0.279 e. The number of nitrogens with zero attached hydrogens (tertiary/aromatic N) is 1. The number of hydrogen-bond acceptors (Lipinski definition) is 4. The standard InChI is InChI=1S/C21H24ClN3O4/c1-28-16-6-8-17(9-7-16)29-15-21(27)25-12-10-24(11-13-25)14-20(26)23-19-5-3-2-4-18(19)22/h2-9H,10-15H2,1H3,(H,23,26)/p+1. The summed E-state index contributed by atoms with van der Waals surface area (Å²) in [6.45, 7) is 2.96. The molecule has 0 bridgehead atoms. The van der Waals surface area contributed by atoms with E-state index in [2.05, 4.69) is 5.32 Å². The summed E-state index contributed by atoms with van der Waals surface area (Å²) in [5, 5.41) is 3.35. The molecule has 7 nitrogen and oxygen atoms in total. The number of piperazine rings is 1. The number of benzene rings is 2. The molecule has 0 atom stereocenters. The lowest BCUT2D eigenvalue weighted by Crippen LogP contribution is -3.15. The number of carbonyl (C=O) groups is 2. The normalized spacial score (nSPS) is 14.3. The van der Waals surface area contributed by atoms with Gasteiger partial charge in [0.05, 0.1) is 44.0 Å². The van der Waals surface area contributed by atoms with E-state index in [-0.39, 0.29) is 18.4 Å². The van der Waals surface area contributed by atoms with Crippen LogP contribution >= 0.6 is 11.6 Å². The summed E-state index contributed by atoms with van der Waals surface area (Å²) in [5.41, 5.74) is 0.614. The van der Waals surface area contributed by atoms with E-state index in [1.54, 1.807) is 48.4 Å². The molecule has 2 N–H and O–H groups in total. The van der Waals surface area contributed by atoms with Crippen molar-refractivity contribution in [3.05, 3.63) is 53.6 Å². The highest BCUT2D eigenvalue weighted by atomic mass is 35.5. The highest BCUT2D eigenvalue weighted by Crippen LogP contribution is 2.20. The second-order valence-electron chi connectivity index (χ2n) is 6.80. The van der Waals surface area contributed by atoms with Crippen molar-refractivity contribution < 1.29 is 24.0 Å². The van der Waals surface area contributed by atoms with Gasteiger partial charge >= 0.3 is 0 Å². The Hall–Kier alpha value is -2.77. The quantitative estimate of drug-likeness (QED) is 0.706. The first-order valence-electron chi connectivity index (χ1n) is 9.47. The molecule has 0 spiro atoms. The fraction of sp³-hybridized carbons (Fsp3) is 0.333. The van der Waals surface area contributed by atoms with Crippen LogP contribution in [0.1, 0.15) is 0 Å². The number of quaternary nitrogens is 1. The molecule has 2 aromatic carbocycles. The molecule has 29 heavy (non-hydrogen) atoms. The molecular weight excluding hydrogens is 394 g/mol. The van der Waals surface area contributed by atoms with Crippen LogP contribution in [0, 0.1) is 0 Å². The first-order valence-corrected chi connectivity index (χ1v) is 9.85. The lowest BCUT2D eigenvalue weighted by atomic mass is 10.3. The summed E-state index contributed by atoms with van der Waals surface area (Å²) < 4.78 is 10.7. The van der Waals surface area contributed by atoms with Gasteiger partial charge in [-0.15, -0.1) is 0 Å². The Balaban J connectivity index is 1.39. The van der Waals surface area contributed by atoms with Gasteiger partial charge in [-0.2, -0.15) is 0 Å². The van der Waals surface area contributed by atoms with Crippen molar-refractivity contribution in [3.63, 3.8) is 0 Å². The van der Waals surface area contributed by atoms with E-state index in [0.717, 1.165) is 10.6 Å². The second-order valence-corrected chi connectivity index (χ2v) is 7.21. The third kappa shape index (κ3) is 6.10. The molecule has 1 aliphatic heterocycles. The second kappa shape index (κ2) is 10.1. The molecule has 1 saturated heterocycles. The minimum absolute atomic E-state index is 0.00530. The average Bonchev–Trinajstić information content (AvgIpc) is 2.74. The van der Waals surface area contributed by atoms with Crippen molar-refractivity contribution in [2.24, 2.45) is 0 Å². The van der Waals surface area contributed by atoms with Gasteiger partial charge in [0.2, 0.25) is 0 Å². The zero-order valence-corrected chi connectivity index (χ0v) is 17.1. The summed E-state index contributed by atoms with van der Waals surface area (Å²) in [7, 11) is 1.60. The van der Waals surface area contributed by atoms with Crippen molar-refractivity contribution in [1.82, 2.24) is 4.90 Å². The molecule has 2 aromatic rings. The van der Waals surface area contributed by atoms with E-state index >= 15 is 0 Å². The van der Waals surface area contributed by atoms with E-state index in [1.807, 2.05) is 12.1 Å². The molecule has 8 heteroatoms. The number of rotatable bonds is 7. The first kappa shape index (κ1) is 21.0. The zero-order valence-electron chi connectivity index (χ0n) is 16.3. The summed E-state index contributed by atoms with van der Waals surface area (Å²) in [6, 6.07) is 14.3. The van der Waals surface area contributed by atoms with E-state index in [9.17, 15) is 9.59 Å². The number of methoxy groups -OCH3 is 1. The van der Waals surface area contributed by atoms with Crippen molar-refractivity contribution in [2.45, 2.75) is 0 Å². The minimum Gasteiger partial charge on any atom is -0.497 e. The van der Waals surface area contributed by atoms with Gasteiger partial charge in [0, 0.05) is 0 Å². The molecule has 0 aliphatic carbocycles. The van der Waals surface area contributed by atoms with Crippen LogP contribution in [0.2, 0.25) is 5.02 Å². The highest BCUT2D eigenvalue weighted by Gasteiger charge is 2.25. The topological polar surface area (TPSA) is 72.3 Å². The molecule has 0 radical (unpaired) electrons. The Morgan fingerprint density at radius 3 is 2.38 bits per heavy atom. The number of hydrogen-bond donors (Lipinski definition) is 2. The Morgan fingerprint density at radius 2 is 1.72 bits per heavy atom. The predicted molar refractivity (Wildman–Crippen MR) is 111 cm³/mol. The maximum absolute atomic E-state index is 12.4. The summed E-state index contributed by atoms with van der Waals surface area (Å²) in [4.78, 5) is 27.5. The fourth-order valence-corrected chi connectivity index (χ4v) is 3.32. The molecule has 2 amide bonds. The van der Waals surface area contributed by atoms with Crippen LogP contribution in [0.15, 0.2) is 48.5 Å². The van der Waals surface area contributed by atoms with Crippen LogP contribution in [-0.4, -0.2) is 63.2 Å². The minimum atomic E-state index is -0.0873. The number of carbonyl (C=O) groups excluding carboxylic acids is 2. The van der Waals surface area contributed by atoms with Crippen LogP contribution in [0.25, 0.3) is 0 Å². The highest BCUT2D eigenvalue weighted by molar-refractivity contribution is 6.33. The molecule has 3 rings (SSSR count). The molecule has 0 saturated carbocycles. The zero-order chi connectivity index (χ0) is 20.6. The first-order chi connectivity index (χ1) is 14.0. The molecule has 1 fully saturated rings. The number of para-hydroxylation sites is 1. The summed E-state index contributed by atoms with van der Waals surface area (Å²) in [5.74, 6) is 1.22. The van der Waals surface area contributed by atoms with Gasteiger partial charge in [0.25, 0.3) is 11.8 Å². The van der Waals surface area contributed by atoms with Gasteiger partial charge in [-0.05, 0) is 36.4 Å². The Labute approximate surface area is 175 Å². The number of amides is 2. The van der Waals surface area contributed by atoms with Crippen molar-refractivity contribution in [2.75, 3.05) is 51.8 Å². The van der Waals surface area contributed by atoms with Crippen LogP contribution in [0.3, 0.4) is 0 Å². The van der Waals surface area contributed by atoms with Crippen LogP contribution < -0.4 is 19.7 Å². The summed E-state index contributed by atoms with van der Waals surface area (Å²) >= 11 is 6.07. The predicted octanol–water partition coefficient (Wildman–Crippen LogP) is 1.09. The van der Waals surface area contributed by atoms with Gasteiger partial charge in [0.15, 0.2) is 13.2 Å². The molecule has 1 heterocycles. The average molecular weight is 419 g/mol. The Morgan fingerprint density at radius 1 is 1.07 bits per heavy atom. The van der Waals surface area contributed by atoms with Crippen LogP contribution in [0.4, 0.5) is 5.69 Å². The molecule has 154 valence electrons. The molecule has 1 aliphatic rings. The number of nitrogens with one attached hydrogen (secondary N) is 2. The van der Waals surface area contributed by atoms with E-state index in [1.165, 1.54) is 0 Å². The van der Waals surface area contributed by atoms with E-state index in [0.29, 0.717) is 49.2 Å². The van der Waals surface area contributed by atoms with Gasteiger partial charge in [-0.25, -0.2) is 0 Å². The van der Waals surface area contributed by atoms with E-state index < -0.39 is 0 Å². The summed E-state index contributed by atoms with van der Waals surface area (Å²) in [6.07, 6.45) is 0. The van der Waals surface area contributed by atoms with Gasteiger partial charge in [-0.1, -0.05) is 23.7 Å². The van der Waals surface area contributed by atoms with E-state index in [4.69, 9.17) is 21.1 Å². The molecular formula is C21H25ClN3O4+. The van der Waals surface area contributed by atoms with Gasteiger partial charge in [0.1, 0.15) is 11.5 Å². The third-order valence-electron chi connectivity index (χ3n) is 4.80. The molecule has 0 aromatic heterocycles. The third-order valence-corrected chi connectivity index (χ3v) is 5.13. The Bertz CT molecular complexity index is 836. The van der Waals surface area contributed by atoms with Crippen LogP contribution in [0.5, 0.6) is 11.5 Å². The van der Waals surface area contributed by atoms with Crippen molar-refractivity contribution in [1.29, 1.82) is 0 Å². The lowest BCUT2D eigenvalue weighted by molar-refractivity contribution is -0.895. The Kier molecular flexibility index (Phi) is 7.32. The maximum atomic E-state index is 12.4. The number of ether oxygens (including phenoxy) is 2. The monoisotopic (exact) mass is 418 g/mol. The van der Waals surface area contributed by atoms with Crippen LogP contribution in [-0.2, 0) is 9.59 Å². The fourth-order valence-electron chi connectivity index (χ4n) is 3.14. The van der Waals surface area contributed by atoms with Crippen molar-refractivity contribution in [3.8, 4) is 11.5 Å². The number of halogens is 1. The van der Waals surface area contributed by atoms with Gasteiger partial charge < -0.3 is 24.6 Å². The largest absolute Gasteiger partial charge is 0.497 e.